The van der Waals surface area contributed by atoms with Crippen molar-refractivity contribution in [1.29, 1.82) is 0 Å². The van der Waals surface area contributed by atoms with Crippen LogP contribution in [0.4, 0.5) is 13.2 Å². The number of aromatic nitrogens is 1. The predicted octanol–water partition coefficient (Wildman–Crippen LogP) is 5.60. The molecule has 3 amide bonds. The van der Waals surface area contributed by atoms with Gasteiger partial charge in [0.25, 0.3) is 5.91 Å². The van der Waals surface area contributed by atoms with E-state index in [1.165, 1.54) is 11.0 Å². The van der Waals surface area contributed by atoms with Crippen LogP contribution in [0.2, 0.25) is 0 Å². The number of alkyl halides is 3. The van der Waals surface area contributed by atoms with E-state index in [1.807, 2.05) is 26.0 Å². The number of rotatable bonds is 10. The molecule has 6 aliphatic rings. The number of ether oxygens (including phenoxy) is 4. The minimum atomic E-state index is -4.90. The lowest BCUT2D eigenvalue weighted by Crippen LogP contribution is -2.58. The van der Waals surface area contributed by atoms with Crippen LogP contribution >= 0.6 is 0 Å². The van der Waals surface area contributed by atoms with Crippen molar-refractivity contribution in [2.24, 2.45) is 5.92 Å². The van der Waals surface area contributed by atoms with Gasteiger partial charge in [-0.15, -0.1) is 0 Å². The summed E-state index contributed by atoms with van der Waals surface area (Å²) in [5, 5.41) is 6.55. The molecule has 3 N–H and O–H groups in total. The molecule has 18 heteroatoms. The number of halogens is 3. The maximum absolute atomic E-state index is 15.0. The number of hydrogen-bond acceptors (Lipinski definition) is 11. The quantitative estimate of drug-likeness (QED) is 0.200. The van der Waals surface area contributed by atoms with Gasteiger partial charge in [-0.2, -0.15) is 13.2 Å². The van der Waals surface area contributed by atoms with Gasteiger partial charge in [-0.25, -0.2) is 13.4 Å². The molecule has 2 saturated heterocycles. The molecule has 62 heavy (non-hydrogen) atoms. The summed E-state index contributed by atoms with van der Waals surface area (Å²) >= 11 is 0. The van der Waals surface area contributed by atoms with Gasteiger partial charge in [0.2, 0.25) is 21.8 Å². The molecule has 4 fully saturated rings. The number of fused-ring (bicyclic) bond motifs is 5. The van der Waals surface area contributed by atoms with Crippen molar-refractivity contribution in [3.8, 4) is 11.5 Å². The second-order valence-electron chi connectivity index (χ2n) is 18.4. The summed E-state index contributed by atoms with van der Waals surface area (Å²) in [5.41, 5.74) is -3.82. The van der Waals surface area contributed by atoms with Gasteiger partial charge >= 0.3 is 6.18 Å². The first-order valence-electron chi connectivity index (χ1n) is 22.1. The van der Waals surface area contributed by atoms with E-state index < -0.39 is 79.3 Å². The molecule has 0 radical (unpaired) electrons. The van der Waals surface area contributed by atoms with E-state index in [0.717, 1.165) is 19.3 Å². The normalized spacial score (nSPS) is 29.6. The number of hydrogen-bond donors (Lipinski definition) is 3. The minimum Gasteiger partial charge on any atom is -0.490 e. The minimum absolute atomic E-state index is 0.0557. The molecule has 2 aliphatic carbocycles. The summed E-state index contributed by atoms with van der Waals surface area (Å²) in [4.78, 5) is 49.0. The first-order valence-corrected chi connectivity index (χ1v) is 23.6. The SMILES string of the molecule is CCC(C)OCNC1CCCCCC=CC2CC2(C(=O)NS(=O)(=O)C2(C)CC2)NC(=O)C2CC3(CCc4c(c(C(F)(F)F)nc5ccc(OC6CCOCC6)cc45)O3)CN2C1=O. The molecule has 8 rings (SSSR count). The maximum Gasteiger partial charge on any atom is 0.437 e. The first kappa shape index (κ1) is 44.6. The fourth-order valence-electron chi connectivity index (χ4n) is 9.23. The van der Waals surface area contributed by atoms with Crippen molar-refractivity contribution >= 4 is 38.6 Å². The van der Waals surface area contributed by atoms with Crippen LogP contribution < -0.4 is 24.8 Å². The van der Waals surface area contributed by atoms with E-state index in [9.17, 15) is 36.0 Å². The van der Waals surface area contributed by atoms with Crippen molar-refractivity contribution in [3.05, 3.63) is 41.6 Å². The number of nitrogens with one attached hydrogen (secondary N) is 3. The Hall–Kier alpha value is -4.00. The highest BCUT2D eigenvalue weighted by Crippen LogP contribution is 2.51. The largest absolute Gasteiger partial charge is 0.490 e. The van der Waals surface area contributed by atoms with E-state index in [-0.39, 0.29) is 56.7 Å². The van der Waals surface area contributed by atoms with Gasteiger partial charge in [0.15, 0.2) is 11.4 Å². The van der Waals surface area contributed by atoms with Gasteiger partial charge < -0.3 is 29.2 Å². The van der Waals surface area contributed by atoms with E-state index in [0.29, 0.717) is 74.9 Å². The number of nitrogens with zero attached hydrogens (tertiary/aromatic N) is 2. The highest BCUT2D eigenvalue weighted by Gasteiger charge is 2.64. The van der Waals surface area contributed by atoms with Crippen molar-refractivity contribution in [2.45, 2.75) is 157 Å². The molecule has 340 valence electrons. The van der Waals surface area contributed by atoms with Gasteiger partial charge in [-0.05, 0) is 89.8 Å². The zero-order valence-electron chi connectivity index (χ0n) is 35.6. The number of aryl methyl sites for hydroxylation is 1. The number of pyridine rings is 1. The first-order chi connectivity index (χ1) is 29.5. The fourth-order valence-corrected chi connectivity index (χ4v) is 10.5. The molecular weight excluding hydrogens is 832 g/mol. The molecule has 2 saturated carbocycles. The number of carbonyl (C=O) groups excluding carboxylic acids is 3. The Kier molecular flexibility index (Phi) is 12.4. The molecular formula is C44H58F3N5O9S. The second kappa shape index (κ2) is 17.2. The van der Waals surface area contributed by atoms with Crippen LogP contribution in [0.3, 0.4) is 0 Å². The van der Waals surface area contributed by atoms with E-state index in [4.69, 9.17) is 18.9 Å². The molecule has 2 aromatic rings. The van der Waals surface area contributed by atoms with Crippen LogP contribution in [-0.2, 0) is 46.5 Å². The molecule has 0 bridgehead atoms. The molecule has 6 atom stereocenters. The lowest BCUT2D eigenvalue weighted by atomic mass is 9.87. The summed E-state index contributed by atoms with van der Waals surface area (Å²) in [6.07, 6.45) is 5.13. The third-order valence-corrected chi connectivity index (χ3v) is 15.9. The zero-order chi connectivity index (χ0) is 44.1. The standard InChI is InChI=1S/C44H58F3N5O9S/c1-4-27(2)59-26-48-34-11-9-7-5-6-8-10-28-23-43(28,40(55)51-62(56,57)41(3)18-19-41)50-38(53)35-24-42(25-52(35)39(34)54)17-14-31-32-22-30(60-29-15-20-58-21-16-29)12-13-33(32)49-37(36(31)61-42)44(45,46)47/h8,10,12-13,22,27-29,34-35,48H,4-7,9,11,14-21,23-26H2,1-3H3,(H,50,53)(H,51,55). The summed E-state index contributed by atoms with van der Waals surface area (Å²) in [6, 6.07) is 2.74. The van der Waals surface area contributed by atoms with Gasteiger partial charge in [0.05, 0.1) is 48.9 Å². The number of allylic oxidation sites excluding steroid dienone is 1. The van der Waals surface area contributed by atoms with Crippen LogP contribution in [-0.4, -0.2) is 103 Å². The molecule has 1 spiro atoms. The van der Waals surface area contributed by atoms with Gasteiger partial charge in [0.1, 0.15) is 29.0 Å². The van der Waals surface area contributed by atoms with Crippen LogP contribution in [0, 0.1) is 5.92 Å². The molecule has 5 heterocycles. The van der Waals surface area contributed by atoms with Crippen molar-refractivity contribution in [3.63, 3.8) is 0 Å². The number of amides is 3. The topological polar surface area (TPSA) is 174 Å². The lowest BCUT2D eigenvalue weighted by molar-refractivity contribution is -0.144. The van der Waals surface area contributed by atoms with Crippen LogP contribution in [0.25, 0.3) is 10.9 Å². The summed E-state index contributed by atoms with van der Waals surface area (Å²) in [6.45, 7) is 6.39. The maximum atomic E-state index is 15.0. The molecule has 4 aliphatic heterocycles. The average Bonchev–Trinajstić information content (AvgIpc) is 4.13. The van der Waals surface area contributed by atoms with Crippen LogP contribution in [0.5, 0.6) is 11.5 Å². The summed E-state index contributed by atoms with van der Waals surface area (Å²) in [5.74, 6) is -2.51. The second-order valence-corrected chi connectivity index (χ2v) is 20.6. The molecule has 6 unspecified atom stereocenters. The Morgan fingerprint density at radius 2 is 1.87 bits per heavy atom. The fraction of sp³-hybridized carbons (Fsp3) is 0.682. The zero-order valence-corrected chi connectivity index (χ0v) is 36.4. The highest BCUT2D eigenvalue weighted by molar-refractivity contribution is 7.91. The third kappa shape index (κ3) is 9.03. The average molecular weight is 890 g/mol. The Morgan fingerprint density at radius 1 is 1.10 bits per heavy atom. The van der Waals surface area contributed by atoms with Crippen molar-refractivity contribution in [2.75, 3.05) is 26.5 Å². The Labute approximate surface area is 360 Å². The Morgan fingerprint density at radius 3 is 2.60 bits per heavy atom. The van der Waals surface area contributed by atoms with E-state index in [2.05, 4.69) is 20.3 Å². The third-order valence-electron chi connectivity index (χ3n) is 13.8. The summed E-state index contributed by atoms with van der Waals surface area (Å²) < 4.78 is 96.6. The number of sulfonamides is 1. The van der Waals surface area contributed by atoms with E-state index in [1.54, 1.807) is 19.1 Å². The van der Waals surface area contributed by atoms with E-state index >= 15 is 0 Å². The predicted molar refractivity (Wildman–Crippen MR) is 222 cm³/mol. The number of carbonyl (C=O) groups is 3. The van der Waals surface area contributed by atoms with Gasteiger partial charge in [-0.3, -0.25) is 24.4 Å². The summed E-state index contributed by atoms with van der Waals surface area (Å²) in [7, 11) is -4.06. The van der Waals surface area contributed by atoms with Gasteiger partial charge in [0, 0.05) is 36.1 Å². The van der Waals surface area contributed by atoms with Crippen LogP contribution in [0.1, 0.15) is 115 Å². The molecule has 1 aromatic heterocycles. The molecule has 1 aromatic carbocycles. The highest BCUT2D eigenvalue weighted by atomic mass is 32.2. The monoisotopic (exact) mass is 889 g/mol. The molecule has 14 nitrogen and oxygen atoms in total. The van der Waals surface area contributed by atoms with Crippen LogP contribution in [0.15, 0.2) is 30.4 Å². The van der Waals surface area contributed by atoms with Crippen molar-refractivity contribution < 1.29 is 54.9 Å². The lowest BCUT2D eigenvalue weighted by Gasteiger charge is -2.37. The van der Waals surface area contributed by atoms with Crippen molar-refractivity contribution in [1.82, 2.24) is 25.2 Å². The number of benzene rings is 1. The smallest absolute Gasteiger partial charge is 0.437 e. The Bertz CT molecular complexity index is 2200. The van der Waals surface area contributed by atoms with Gasteiger partial charge in [-0.1, -0.05) is 31.9 Å². The Balaban J connectivity index is 1.14.